The number of hydrogen-bond donors (Lipinski definition) is 1. The summed E-state index contributed by atoms with van der Waals surface area (Å²) in [4.78, 5) is 14.6. The van der Waals surface area contributed by atoms with E-state index >= 15 is 0 Å². The lowest BCUT2D eigenvalue weighted by Crippen LogP contribution is -2.54. The summed E-state index contributed by atoms with van der Waals surface area (Å²) in [5.41, 5.74) is 1.53. The first-order valence-corrected chi connectivity index (χ1v) is 7.82. The molecule has 1 aliphatic carbocycles. The van der Waals surface area contributed by atoms with Crippen molar-refractivity contribution in [3.8, 4) is 0 Å². The normalized spacial score (nSPS) is 29.1. The van der Waals surface area contributed by atoms with Gasteiger partial charge in [0.05, 0.1) is 22.6 Å². The summed E-state index contributed by atoms with van der Waals surface area (Å²) >= 11 is 0. The highest BCUT2D eigenvalue weighted by Gasteiger charge is 2.43. The number of carbonyl (C=O) groups excluding carboxylic acids is 1. The quantitative estimate of drug-likeness (QED) is 0.857. The highest BCUT2D eigenvalue weighted by molar-refractivity contribution is 5.95. The first kappa shape index (κ1) is 14.4. The highest BCUT2D eigenvalue weighted by Crippen LogP contribution is 2.40. The Labute approximate surface area is 125 Å². The van der Waals surface area contributed by atoms with E-state index in [4.69, 9.17) is 0 Å². The van der Waals surface area contributed by atoms with Crippen LogP contribution < -0.4 is 0 Å². The third-order valence-electron chi connectivity index (χ3n) is 5.05. The van der Waals surface area contributed by atoms with Gasteiger partial charge in [-0.1, -0.05) is 12.8 Å². The molecule has 3 rings (SSSR count). The van der Waals surface area contributed by atoms with E-state index in [2.05, 4.69) is 10.2 Å². The molecule has 0 radical (unpaired) electrons. The minimum atomic E-state index is -0.545. The van der Waals surface area contributed by atoms with Gasteiger partial charge in [-0.25, -0.2) is 0 Å². The van der Waals surface area contributed by atoms with E-state index in [-0.39, 0.29) is 11.8 Å². The van der Waals surface area contributed by atoms with Crippen molar-refractivity contribution in [2.45, 2.75) is 51.6 Å². The summed E-state index contributed by atoms with van der Waals surface area (Å²) in [5.74, 6) is 0.248. The molecular formula is C16H23N3O2. The molecule has 2 heterocycles. The monoisotopic (exact) mass is 289 g/mol. The molecule has 0 bridgehead atoms. The van der Waals surface area contributed by atoms with Crippen LogP contribution >= 0.6 is 0 Å². The second-order valence-electron chi connectivity index (χ2n) is 6.53. The Morgan fingerprint density at radius 1 is 1.33 bits per heavy atom. The third-order valence-corrected chi connectivity index (χ3v) is 5.05. The van der Waals surface area contributed by atoms with E-state index in [9.17, 15) is 9.90 Å². The molecular weight excluding hydrogens is 266 g/mol. The van der Waals surface area contributed by atoms with Gasteiger partial charge in [0.15, 0.2) is 0 Å². The molecule has 1 amide bonds. The lowest BCUT2D eigenvalue weighted by atomic mass is 9.71. The van der Waals surface area contributed by atoms with E-state index in [0.29, 0.717) is 30.8 Å². The number of hydrogen-bond acceptors (Lipinski definition) is 4. The van der Waals surface area contributed by atoms with Gasteiger partial charge < -0.3 is 10.0 Å². The topological polar surface area (TPSA) is 66.3 Å². The van der Waals surface area contributed by atoms with Gasteiger partial charge in [-0.15, -0.1) is 0 Å². The maximum Gasteiger partial charge on any atom is 0.255 e. The largest absolute Gasteiger partial charge is 0.389 e. The van der Waals surface area contributed by atoms with Crippen molar-refractivity contribution >= 4 is 5.91 Å². The number of nitrogens with zero attached hydrogens (tertiary/aromatic N) is 3. The molecule has 114 valence electrons. The fraction of sp³-hybridized carbons (Fsp3) is 0.688. The lowest BCUT2D eigenvalue weighted by Gasteiger charge is -2.47. The number of fused-ring (bicyclic) bond motifs is 1. The Morgan fingerprint density at radius 2 is 2.14 bits per heavy atom. The molecule has 0 aromatic carbocycles. The molecule has 1 aromatic heterocycles. The van der Waals surface area contributed by atoms with E-state index in [0.717, 1.165) is 31.4 Å². The minimum Gasteiger partial charge on any atom is -0.389 e. The Morgan fingerprint density at radius 3 is 2.95 bits per heavy atom. The molecule has 1 saturated heterocycles. The van der Waals surface area contributed by atoms with Gasteiger partial charge in [-0.3, -0.25) is 4.79 Å². The van der Waals surface area contributed by atoms with E-state index in [1.807, 2.05) is 24.8 Å². The van der Waals surface area contributed by atoms with Gasteiger partial charge in [-0.05, 0) is 39.2 Å². The zero-order valence-electron chi connectivity index (χ0n) is 12.8. The maximum absolute atomic E-state index is 12.7. The van der Waals surface area contributed by atoms with E-state index in [1.54, 1.807) is 0 Å². The Bertz CT molecular complexity index is 560. The predicted octanol–water partition coefficient (Wildman–Crippen LogP) is 1.86. The van der Waals surface area contributed by atoms with Crippen molar-refractivity contribution in [2.24, 2.45) is 5.92 Å². The van der Waals surface area contributed by atoms with Crippen LogP contribution in [0.4, 0.5) is 0 Å². The number of aliphatic hydroxyl groups is 1. The van der Waals surface area contributed by atoms with Crippen LogP contribution in [0.2, 0.25) is 0 Å². The molecule has 2 fully saturated rings. The van der Waals surface area contributed by atoms with Gasteiger partial charge in [0, 0.05) is 19.0 Å². The Hall–Kier alpha value is -1.49. The van der Waals surface area contributed by atoms with Crippen LogP contribution in [-0.2, 0) is 0 Å². The van der Waals surface area contributed by atoms with Gasteiger partial charge in [0.2, 0.25) is 0 Å². The van der Waals surface area contributed by atoms with Gasteiger partial charge >= 0.3 is 0 Å². The van der Waals surface area contributed by atoms with Gasteiger partial charge in [0.25, 0.3) is 5.91 Å². The first-order chi connectivity index (χ1) is 9.99. The van der Waals surface area contributed by atoms with Crippen LogP contribution in [0.25, 0.3) is 0 Å². The lowest BCUT2D eigenvalue weighted by molar-refractivity contribution is -0.0886. The molecule has 1 aromatic rings. The molecule has 0 spiro atoms. The molecule has 2 unspecified atom stereocenters. The number of piperidine rings is 1. The molecule has 21 heavy (non-hydrogen) atoms. The molecule has 5 heteroatoms. The van der Waals surface area contributed by atoms with Gasteiger partial charge in [-0.2, -0.15) is 10.2 Å². The number of amides is 1. The second-order valence-corrected chi connectivity index (χ2v) is 6.53. The van der Waals surface area contributed by atoms with E-state index < -0.39 is 5.60 Å². The molecule has 2 atom stereocenters. The highest BCUT2D eigenvalue weighted by atomic mass is 16.3. The molecule has 1 aliphatic heterocycles. The molecule has 1 N–H and O–H groups in total. The van der Waals surface area contributed by atoms with Gasteiger partial charge in [0.1, 0.15) is 0 Å². The van der Waals surface area contributed by atoms with Crippen LogP contribution in [0.3, 0.4) is 0 Å². The fourth-order valence-corrected chi connectivity index (χ4v) is 3.69. The van der Waals surface area contributed by atoms with Crippen molar-refractivity contribution in [1.29, 1.82) is 0 Å². The first-order valence-electron chi connectivity index (χ1n) is 7.82. The molecule has 1 saturated carbocycles. The van der Waals surface area contributed by atoms with Crippen molar-refractivity contribution in [3.63, 3.8) is 0 Å². The Balaban J connectivity index is 1.79. The predicted molar refractivity (Wildman–Crippen MR) is 78.9 cm³/mol. The number of rotatable bonds is 1. The summed E-state index contributed by atoms with van der Waals surface area (Å²) < 4.78 is 0. The number of aromatic nitrogens is 2. The van der Waals surface area contributed by atoms with E-state index in [1.165, 1.54) is 0 Å². The van der Waals surface area contributed by atoms with Crippen molar-refractivity contribution in [1.82, 2.24) is 15.1 Å². The summed E-state index contributed by atoms with van der Waals surface area (Å²) in [6, 6.07) is 1.81. The standard InChI is InChI=1S/C16H23N3O2/c1-11-9-14(12(2)18-17-11)15(20)19-8-7-16(21)6-4-3-5-13(16)10-19/h9,13,21H,3-8,10H2,1-2H3. The molecule has 5 nitrogen and oxygen atoms in total. The zero-order chi connectivity index (χ0) is 15.0. The van der Waals surface area contributed by atoms with Crippen LogP contribution in [0.5, 0.6) is 0 Å². The smallest absolute Gasteiger partial charge is 0.255 e. The average Bonchev–Trinajstić information content (AvgIpc) is 2.48. The van der Waals surface area contributed by atoms with Crippen LogP contribution in [-0.4, -0.2) is 44.8 Å². The van der Waals surface area contributed by atoms with Crippen molar-refractivity contribution < 1.29 is 9.90 Å². The van der Waals surface area contributed by atoms with Crippen LogP contribution in [0.15, 0.2) is 6.07 Å². The maximum atomic E-state index is 12.7. The average molecular weight is 289 g/mol. The fourth-order valence-electron chi connectivity index (χ4n) is 3.69. The summed E-state index contributed by atoms with van der Waals surface area (Å²) in [6.07, 6.45) is 4.86. The number of aryl methyl sites for hydroxylation is 2. The summed E-state index contributed by atoms with van der Waals surface area (Å²) in [6.45, 7) is 4.96. The number of likely N-dealkylation sites (tertiary alicyclic amines) is 1. The summed E-state index contributed by atoms with van der Waals surface area (Å²) in [7, 11) is 0. The second kappa shape index (κ2) is 5.37. The van der Waals surface area contributed by atoms with Crippen LogP contribution in [0.1, 0.15) is 53.8 Å². The van der Waals surface area contributed by atoms with Crippen molar-refractivity contribution in [3.05, 3.63) is 23.0 Å². The third kappa shape index (κ3) is 2.67. The minimum absolute atomic E-state index is 0.0260. The Kier molecular flexibility index (Phi) is 3.69. The SMILES string of the molecule is Cc1cc(C(=O)N2CCC3(O)CCCCC3C2)c(C)nn1. The molecule has 2 aliphatic rings. The summed E-state index contributed by atoms with van der Waals surface area (Å²) in [5, 5.41) is 18.7. The number of carbonyl (C=O) groups is 1. The zero-order valence-corrected chi connectivity index (χ0v) is 12.8. The van der Waals surface area contributed by atoms with Crippen LogP contribution in [0, 0.1) is 19.8 Å². The van der Waals surface area contributed by atoms with Crippen molar-refractivity contribution in [2.75, 3.05) is 13.1 Å².